The van der Waals surface area contributed by atoms with Crippen LogP contribution in [0.5, 0.6) is 5.75 Å². The van der Waals surface area contributed by atoms with Crippen molar-refractivity contribution in [1.29, 1.82) is 0 Å². The summed E-state index contributed by atoms with van der Waals surface area (Å²) in [6, 6.07) is 14.0. The molecule has 2 rings (SSSR count). The first-order chi connectivity index (χ1) is 13.4. The van der Waals surface area contributed by atoms with Gasteiger partial charge in [0.2, 0.25) is 5.91 Å². The van der Waals surface area contributed by atoms with Crippen molar-refractivity contribution in [2.24, 2.45) is 0 Å². The largest absolute Gasteiger partial charge is 0.490 e. The third-order valence-corrected chi connectivity index (χ3v) is 3.75. The molecule has 0 spiro atoms. The Bertz CT molecular complexity index is 845. The molecule has 0 aliphatic rings. The average Bonchev–Trinajstić information content (AvgIpc) is 2.68. The second-order valence-corrected chi connectivity index (χ2v) is 6.11. The number of hydrogen-bond donors (Lipinski definition) is 4. The Labute approximate surface area is 167 Å². The van der Waals surface area contributed by atoms with Gasteiger partial charge in [0.15, 0.2) is 5.11 Å². The Hall–Kier alpha value is -3.17. The second-order valence-electron chi connectivity index (χ2n) is 5.70. The molecule has 0 fully saturated rings. The fraction of sp³-hybridized carbons (Fsp3) is 0.211. The number of methoxy groups -OCH3 is 1. The van der Waals surface area contributed by atoms with E-state index in [9.17, 15) is 14.7 Å². The van der Waals surface area contributed by atoms with Crippen LogP contribution in [0.4, 0.5) is 16.2 Å². The van der Waals surface area contributed by atoms with Gasteiger partial charge in [-0.15, -0.1) is 0 Å². The van der Waals surface area contributed by atoms with Crippen LogP contribution in [-0.4, -0.2) is 35.9 Å². The zero-order chi connectivity index (χ0) is 20.5. The number of ether oxygens (including phenoxy) is 2. The molecule has 9 heteroatoms. The average molecular weight is 403 g/mol. The minimum Gasteiger partial charge on any atom is -0.490 e. The molecule has 2 aromatic rings. The van der Waals surface area contributed by atoms with Crippen molar-refractivity contribution in [3.63, 3.8) is 0 Å². The topological polar surface area (TPSA) is 109 Å². The standard InChI is InChI=1S/C19H21N3O5S/c1-12(23)20-15-9-8-14(10-16(15)21-18(28)22-19(25)26-2)27-11-17(24)13-6-4-3-5-7-13/h3-10,17,24H,11H2,1-2H3,(H,20,23)(H2,21,22,25,28). The fourth-order valence-electron chi connectivity index (χ4n) is 2.26. The molecule has 2 aromatic carbocycles. The minimum absolute atomic E-state index is 0.0140. The molecule has 0 bridgehead atoms. The van der Waals surface area contributed by atoms with Crippen LogP contribution in [0, 0.1) is 0 Å². The van der Waals surface area contributed by atoms with Crippen molar-refractivity contribution in [3.05, 3.63) is 54.1 Å². The van der Waals surface area contributed by atoms with Gasteiger partial charge in [-0.05, 0) is 29.9 Å². The van der Waals surface area contributed by atoms with Gasteiger partial charge in [-0.1, -0.05) is 30.3 Å². The maximum absolute atomic E-state index is 11.4. The van der Waals surface area contributed by atoms with Gasteiger partial charge < -0.3 is 25.2 Å². The Balaban J connectivity index is 2.11. The number of amides is 2. The number of anilines is 2. The van der Waals surface area contributed by atoms with Gasteiger partial charge in [-0.3, -0.25) is 10.1 Å². The molecule has 28 heavy (non-hydrogen) atoms. The number of aliphatic hydroxyl groups excluding tert-OH is 1. The van der Waals surface area contributed by atoms with E-state index < -0.39 is 12.2 Å². The van der Waals surface area contributed by atoms with Crippen LogP contribution in [-0.2, 0) is 9.53 Å². The van der Waals surface area contributed by atoms with E-state index in [0.29, 0.717) is 17.1 Å². The molecule has 148 valence electrons. The van der Waals surface area contributed by atoms with E-state index in [2.05, 4.69) is 20.7 Å². The molecule has 0 heterocycles. The van der Waals surface area contributed by atoms with Gasteiger partial charge in [0.1, 0.15) is 18.5 Å². The number of aliphatic hydroxyl groups is 1. The zero-order valence-corrected chi connectivity index (χ0v) is 16.2. The highest BCUT2D eigenvalue weighted by atomic mass is 32.1. The quantitative estimate of drug-likeness (QED) is 0.549. The third-order valence-electron chi connectivity index (χ3n) is 3.54. The molecular formula is C19H21N3O5S. The summed E-state index contributed by atoms with van der Waals surface area (Å²) in [4.78, 5) is 22.7. The summed E-state index contributed by atoms with van der Waals surface area (Å²) in [5.41, 5.74) is 1.58. The van der Waals surface area contributed by atoms with Gasteiger partial charge >= 0.3 is 6.09 Å². The number of carbonyl (C=O) groups is 2. The normalized spacial score (nSPS) is 11.1. The summed E-state index contributed by atoms with van der Waals surface area (Å²) in [7, 11) is 1.22. The Morgan fingerprint density at radius 3 is 2.46 bits per heavy atom. The molecule has 0 aliphatic heterocycles. The first-order valence-electron chi connectivity index (χ1n) is 8.32. The highest BCUT2D eigenvalue weighted by molar-refractivity contribution is 7.80. The lowest BCUT2D eigenvalue weighted by Gasteiger charge is -2.17. The van der Waals surface area contributed by atoms with Crippen LogP contribution in [0.15, 0.2) is 48.5 Å². The zero-order valence-electron chi connectivity index (χ0n) is 15.4. The van der Waals surface area contributed by atoms with Crippen molar-refractivity contribution >= 4 is 40.7 Å². The number of nitrogens with one attached hydrogen (secondary N) is 3. The van der Waals surface area contributed by atoms with E-state index in [0.717, 1.165) is 5.56 Å². The molecule has 0 radical (unpaired) electrons. The Morgan fingerprint density at radius 1 is 1.11 bits per heavy atom. The van der Waals surface area contributed by atoms with Crippen LogP contribution in [0.3, 0.4) is 0 Å². The molecule has 0 saturated carbocycles. The summed E-state index contributed by atoms with van der Waals surface area (Å²) >= 11 is 5.05. The van der Waals surface area contributed by atoms with Gasteiger partial charge in [0.05, 0.1) is 18.5 Å². The molecule has 4 N–H and O–H groups in total. The third kappa shape index (κ3) is 6.53. The lowest BCUT2D eigenvalue weighted by atomic mass is 10.1. The Kier molecular flexibility index (Phi) is 7.73. The smallest absolute Gasteiger partial charge is 0.413 e. The van der Waals surface area contributed by atoms with E-state index in [-0.39, 0.29) is 17.6 Å². The van der Waals surface area contributed by atoms with Crippen LogP contribution in [0.2, 0.25) is 0 Å². The molecule has 1 unspecified atom stereocenters. The minimum atomic E-state index is -0.797. The van der Waals surface area contributed by atoms with Gasteiger partial charge in [-0.2, -0.15) is 0 Å². The lowest BCUT2D eigenvalue weighted by molar-refractivity contribution is -0.114. The predicted molar refractivity (Wildman–Crippen MR) is 109 cm³/mol. The summed E-state index contributed by atoms with van der Waals surface area (Å²) in [6.45, 7) is 1.41. The van der Waals surface area contributed by atoms with E-state index in [1.807, 2.05) is 18.2 Å². The fourth-order valence-corrected chi connectivity index (χ4v) is 2.45. The number of hydrogen-bond acceptors (Lipinski definition) is 6. The van der Waals surface area contributed by atoms with Crippen molar-refractivity contribution in [1.82, 2.24) is 5.32 Å². The van der Waals surface area contributed by atoms with E-state index in [1.165, 1.54) is 14.0 Å². The Morgan fingerprint density at radius 2 is 1.82 bits per heavy atom. The summed E-state index contributed by atoms with van der Waals surface area (Å²) in [5.74, 6) is 0.163. The van der Waals surface area contributed by atoms with Gasteiger partial charge in [-0.25, -0.2) is 4.79 Å². The molecule has 1 atom stereocenters. The van der Waals surface area contributed by atoms with Crippen molar-refractivity contribution in [2.45, 2.75) is 13.0 Å². The van der Waals surface area contributed by atoms with E-state index in [1.54, 1.807) is 30.3 Å². The van der Waals surface area contributed by atoms with Crippen molar-refractivity contribution in [3.8, 4) is 5.75 Å². The van der Waals surface area contributed by atoms with Gasteiger partial charge in [0, 0.05) is 13.0 Å². The maximum atomic E-state index is 11.4. The molecule has 8 nitrogen and oxygen atoms in total. The molecule has 2 amide bonds. The molecule has 0 saturated heterocycles. The summed E-state index contributed by atoms with van der Waals surface area (Å²) in [5, 5.41) is 18.0. The number of benzene rings is 2. The number of rotatable bonds is 6. The SMILES string of the molecule is COC(=O)NC(=S)Nc1cc(OCC(O)c2ccccc2)ccc1NC(C)=O. The monoisotopic (exact) mass is 403 g/mol. The first kappa shape index (κ1) is 21.1. The van der Waals surface area contributed by atoms with Crippen LogP contribution >= 0.6 is 12.2 Å². The molecular weight excluding hydrogens is 382 g/mol. The summed E-state index contributed by atoms with van der Waals surface area (Å²) in [6.07, 6.45) is -1.52. The predicted octanol–water partition coefficient (Wildman–Crippen LogP) is 2.81. The number of alkyl carbamates (subject to hydrolysis) is 1. The first-order valence-corrected chi connectivity index (χ1v) is 8.73. The van der Waals surface area contributed by atoms with E-state index >= 15 is 0 Å². The van der Waals surface area contributed by atoms with Crippen molar-refractivity contribution in [2.75, 3.05) is 24.4 Å². The number of thiocarbonyl (C=S) groups is 1. The maximum Gasteiger partial charge on any atom is 0.413 e. The second kappa shape index (κ2) is 10.2. The van der Waals surface area contributed by atoms with Gasteiger partial charge in [0.25, 0.3) is 0 Å². The van der Waals surface area contributed by atoms with Crippen LogP contribution < -0.4 is 20.7 Å². The highest BCUT2D eigenvalue weighted by Gasteiger charge is 2.12. The summed E-state index contributed by atoms with van der Waals surface area (Å²) < 4.78 is 10.1. The highest BCUT2D eigenvalue weighted by Crippen LogP contribution is 2.28. The molecule has 0 aromatic heterocycles. The lowest BCUT2D eigenvalue weighted by Crippen LogP contribution is -2.34. The number of carbonyl (C=O) groups excluding carboxylic acids is 2. The molecule has 0 aliphatic carbocycles. The van der Waals surface area contributed by atoms with Crippen LogP contribution in [0.25, 0.3) is 0 Å². The van der Waals surface area contributed by atoms with Crippen LogP contribution in [0.1, 0.15) is 18.6 Å². The van der Waals surface area contributed by atoms with Crippen molar-refractivity contribution < 1.29 is 24.2 Å². The van der Waals surface area contributed by atoms with E-state index in [4.69, 9.17) is 17.0 Å².